The summed E-state index contributed by atoms with van der Waals surface area (Å²) in [5.74, 6) is 0.307. The average molecular weight is 373 g/mol. The van der Waals surface area contributed by atoms with E-state index in [0.29, 0.717) is 22.1 Å². The number of carbonyl (C=O) groups excluding carboxylic acids is 2. The third-order valence-corrected chi connectivity index (χ3v) is 4.63. The van der Waals surface area contributed by atoms with Gasteiger partial charge in [0.1, 0.15) is 5.75 Å². The molecule has 136 valence electrons. The van der Waals surface area contributed by atoms with Crippen molar-refractivity contribution in [2.45, 2.75) is 33.3 Å². The van der Waals surface area contributed by atoms with Gasteiger partial charge in [-0.25, -0.2) is 0 Å². The van der Waals surface area contributed by atoms with Gasteiger partial charge in [0, 0.05) is 13.0 Å². The summed E-state index contributed by atoms with van der Waals surface area (Å²) in [6.45, 7) is 5.84. The summed E-state index contributed by atoms with van der Waals surface area (Å²) in [6.07, 6.45) is -0.405. The Bertz CT molecular complexity index is 843. The Labute approximate surface area is 157 Å². The zero-order valence-electron chi connectivity index (χ0n) is 15.0. The Balaban J connectivity index is 1.71. The van der Waals surface area contributed by atoms with Gasteiger partial charge < -0.3 is 15.0 Å². The highest BCUT2D eigenvalue weighted by Crippen LogP contribution is 2.33. The predicted octanol–water partition coefficient (Wildman–Crippen LogP) is 4.10. The molecule has 0 radical (unpaired) electrons. The fourth-order valence-corrected chi connectivity index (χ4v) is 3.45. The molecule has 1 heterocycles. The number of rotatable bonds is 4. The number of hydrogen-bond donors (Lipinski definition) is 1. The molecule has 0 saturated heterocycles. The molecule has 2 aromatic carbocycles. The van der Waals surface area contributed by atoms with Crippen molar-refractivity contribution in [3.63, 3.8) is 0 Å². The lowest BCUT2D eigenvalue weighted by Crippen LogP contribution is -2.45. The minimum Gasteiger partial charge on any atom is -0.479 e. The van der Waals surface area contributed by atoms with Gasteiger partial charge in [-0.1, -0.05) is 29.8 Å². The van der Waals surface area contributed by atoms with E-state index in [2.05, 4.69) is 5.32 Å². The standard InChI is InChI=1S/C20H21ClN2O3/c1-12-10-13(2)19(15(21)11-12)22-18(24)8-9-23-16-6-4-5-7-17(16)26-14(3)20(23)25/h4-7,10-11,14H,8-9H2,1-3H3,(H,22,24)/t14-/m0/s1. The zero-order valence-corrected chi connectivity index (χ0v) is 15.8. The number of fused-ring (bicyclic) bond motifs is 1. The number of amides is 2. The van der Waals surface area contributed by atoms with Crippen LogP contribution in [0.25, 0.3) is 0 Å². The largest absolute Gasteiger partial charge is 0.479 e. The first-order valence-corrected chi connectivity index (χ1v) is 8.88. The number of nitrogens with one attached hydrogen (secondary N) is 1. The highest BCUT2D eigenvalue weighted by atomic mass is 35.5. The number of nitrogens with zero attached hydrogens (tertiary/aromatic N) is 1. The molecule has 2 aromatic rings. The molecule has 1 atom stereocenters. The molecule has 0 spiro atoms. The first kappa shape index (κ1) is 18.3. The lowest BCUT2D eigenvalue weighted by atomic mass is 10.1. The highest BCUT2D eigenvalue weighted by molar-refractivity contribution is 6.34. The van der Waals surface area contributed by atoms with Gasteiger partial charge >= 0.3 is 0 Å². The Kier molecular flexibility index (Phi) is 5.18. The summed E-state index contributed by atoms with van der Waals surface area (Å²) < 4.78 is 5.61. The number of halogens is 1. The van der Waals surface area contributed by atoms with E-state index in [-0.39, 0.29) is 24.8 Å². The monoisotopic (exact) mass is 372 g/mol. The fourth-order valence-electron chi connectivity index (χ4n) is 3.08. The number of anilines is 2. The van der Waals surface area contributed by atoms with Gasteiger partial charge in [-0.05, 0) is 50.1 Å². The number of hydrogen-bond acceptors (Lipinski definition) is 3. The zero-order chi connectivity index (χ0) is 18.8. The molecule has 2 amide bonds. The Morgan fingerprint density at radius 1 is 1.27 bits per heavy atom. The van der Waals surface area contributed by atoms with E-state index in [1.54, 1.807) is 11.8 Å². The van der Waals surface area contributed by atoms with Gasteiger partial charge in [0.2, 0.25) is 5.91 Å². The molecule has 0 fully saturated rings. The maximum Gasteiger partial charge on any atom is 0.267 e. The van der Waals surface area contributed by atoms with Gasteiger partial charge in [0.15, 0.2) is 6.10 Å². The van der Waals surface area contributed by atoms with E-state index in [0.717, 1.165) is 11.1 Å². The Hall–Kier alpha value is -2.53. The van der Waals surface area contributed by atoms with E-state index in [1.165, 1.54) is 0 Å². The van der Waals surface area contributed by atoms with Crippen LogP contribution in [0.15, 0.2) is 36.4 Å². The molecule has 1 N–H and O–H groups in total. The first-order valence-electron chi connectivity index (χ1n) is 8.50. The lowest BCUT2D eigenvalue weighted by Gasteiger charge is -2.32. The lowest BCUT2D eigenvalue weighted by molar-refractivity contribution is -0.125. The van der Waals surface area contributed by atoms with Crippen LogP contribution in [0.5, 0.6) is 5.75 Å². The van der Waals surface area contributed by atoms with Crippen molar-refractivity contribution in [2.24, 2.45) is 0 Å². The van der Waals surface area contributed by atoms with E-state index >= 15 is 0 Å². The number of aryl methyl sites for hydroxylation is 2. The molecule has 0 unspecified atom stereocenters. The second-order valence-corrected chi connectivity index (χ2v) is 6.86. The normalized spacial score (nSPS) is 16.1. The van der Waals surface area contributed by atoms with Gasteiger partial charge in [-0.3, -0.25) is 9.59 Å². The van der Waals surface area contributed by atoms with Gasteiger partial charge in [0.25, 0.3) is 5.91 Å². The summed E-state index contributed by atoms with van der Waals surface area (Å²) in [5, 5.41) is 3.37. The minimum absolute atomic E-state index is 0.152. The molecular formula is C20H21ClN2O3. The van der Waals surface area contributed by atoms with Crippen molar-refractivity contribution >= 4 is 34.8 Å². The van der Waals surface area contributed by atoms with E-state index < -0.39 is 6.10 Å². The Morgan fingerprint density at radius 3 is 2.73 bits per heavy atom. The van der Waals surface area contributed by atoms with Gasteiger partial charge in [-0.15, -0.1) is 0 Å². The van der Waals surface area contributed by atoms with Crippen LogP contribution >= 0.6 is 11.6 Å². The molecule has 5 nitrogen and oxygen atoms in total. The SMILES string of the molecule is Cc1cc(C)c(NC(=O)CCN2C(=O)[C@H](C)Oc3ccccc32)c(Cl)c1. The third-order valence-electron chi connectivity index (χ3n) is 4.33. The summed E-state index contributed by atoms with van der Waals surface area (Å²) in [6, 6.07) is 11.1. The molecule has 6 heteroatoms. The van der Waals surface area contributed by atoms with Crippen molar-refractivity contribution < 1.29 is 14.3 Å². The number of ether oxygens (including phenoxy) is 1. The summed E-state index contributed by atoms with van der Waals surface area (Å²) in [7, 11) is 0. The van der Waals surface area contributed by atoms with Crippen molar-refractivity contribution in [3.05, 3.63) is 52.5 Å². The Morgan fingerprint density at radius 2 is 2.00 bits per heavy atom. The van der Waals surface area contributed by atoms with Crippen LogP contribution in [-0.2, 0) is 9.59 Å². The maximum absolute atomic E-state index is 12.5. The molecule has 3 rings (SSSR count). The summed E-state index contributed by atoms with van der Waals surface area (Å²) >= 11 is 6.24. The quantitative estimate of drug-likeness (QED) is 0.879. The van der Waals surface area contributed by atoms with Crippen molar-refractivity contribution in [1.29, 1.82) is 0 Å². The summed E-state index contributed by atoms with van der Waals surface area (Å²) in [4.78, 5) is 26.5. The summed E-state index contributed by atoms with van der Waals surface area (Å²) in [5.41, 5.74) is 3.25. The minimum atomic E-state index is -0.568. The van der Waals surface area contributed by atoms with Crippen molar-refractivity contribution in [2.75, 3.05) is 16.8 Å². The molecule has 0 aliphatic carbocycles. The van der Waals surface area contributed by atoms with Crippen LogP contribution in [0.1, 0.15) is 24.5 Å². The highest BCUT2D eigenvalue weighted by Gasteiger charge is 2.31. The van der Waals surface area contributed by atoms with Crippen LogP contribution in [0.2, 0.25) is 5.02 Å². The third kappa shape index (κ3) is 3.68. The first-order chi connectivity index (χ1) is 12.4. The second kappa shape index (κ2) is 7.38. The molecule has 1 aliphatic heterocycles. The molecule has 0 bridgehead atoms. The van der Waals surface area contributed by atoms with Crippen LogP contribution in [-0.4, -0.2) is 24.5 Å². The predicted molar refractivity (Wildman–Crippen MR) is 103 cm³/mol. The maximum atomic E-state index is 12.5. The second-order valence-electron chi connectivity index (χ2n) is 6.45. The van der Waals surface area contributed by atoms with Crippen molar-refractivity contribution in [3.8, 4) is 5.75 Å². The average Bonchev–Trinajstić information content (AvgIpc) is 2.58. The smallest absolute Gasteiger partial charge is 0.267 e. The van der Waals surface area contributed by atoms with Crippen LogP contribution < -0.4 is 15.0 Å². The molecular weight excluding hydrogens is 352 g/mol. The number of carbonyl (C=O) groups is 2. The molecule has 0 saturated carbocycles. The molecule has 26 heavy (non-hydrogen) atoms. The van der Waals surface area contributed by atoms with Gasteiger partial charge in [-0.2, -0.15) is 0 Å². The number of benzene rings is 2. The van der Waals surface area contributed by atoms with E-state index in [9.17, 15) is 9.59 Å². The topological polar surface area (TPSA) is 58.6 Å². The van der Waals surface area contributed by atoms with Crippen LogP contribution in [0.3, 0.4) is 0 Å². The van der Waals surface area contributed by atoms with Gasteiger partial charge in [0.05, 0.1) is 16.4 Å². The van der Waals surface area contributed by atoms with Crippen LogP contribution in [0, 0.1) is 13.8 Å². The van der Waals surface area contributed by atoms with Crippen LogP contribution in [0.4, 0.5) is 11.4 Å². The fraction of sp³-hybridized carbons (Fsp3) is 0.300. The van der Waals surface area contributed by atoms with E-state index in [4.69, 9.17) is 16.3 Å². The van der Waals surface area contributed by atoms with Crippen molar-refractivity contribution in [1.82, 2.24) is 0 Å². The molecule has 1 aliphatic rings. The number of para-hydroxylation sites is 2. The molecule has 0 aromatic heterocycles. The van der Waals surface area contributed by atoms with E-state index in [1.807, 2.05) is 50.2 Å².